The molecule has 1 aromatic carbocycles. The van der Waals surface area contributed by atoms with Crippen LogP contribution >= 0.6 is 0 Å². The highest BCUT2D eigenvalue weighted by Gasteiger charge is 2.02. The van der Waals surface area contributed by atoms with Crippen LogP contribution in [-0.2, 0) is 0 Å². The molecule has 94 valence electrons. The lowest BCUT2D eigenvalue weighted by molar-refractivity contribution is 0.562. The summed E-state index contributed by atoms with van der Waals surface area (Å²) in [7, 11) is 3.94. The molecule has 0 aliphatic carbocycles. The van der Waals surface area contributed by atoms with Crippen LogP contribution in [0.3, 0.4) is 0 Å². The van der Waals surface area contributed by atoms with Gasteiger partial charge in [0.1, 0.15) is 0 Å². The average molecular weight is 240 g/mol. The van der Waals surface area contributed by atoms with Crippen LogP contribution in [0.5, 0.6) is 0 Å². The van der Waals surface area contributed by atoms with Gasteiger partial charge in [-0.1, -0.05) is 37.4 Å². The molecule has 0 fully saturated rings. The Kier molecular flexibility index (Phi) is 5.12. The van der Waals surface area contributed by atoms with Crippen LogP contribution < -0.4 is 0 Å². The van der Waals surface area contributed by atoms with Crippen molar-refractivity contribution in [1.82, 2.24) is 4.90 Å². The van der Waals surface area contributed by atoms with Crippen LogP contribution in [0.15, 0.2) is 66.3 Å². The summed E-state index contributed by atoms with van der Waals surface area (Å²) in [5, 5.41) is 0. The molecule has 0 unspecified atom stereocenters. The van der Waals surface area contributed by atoms with Gasteiger partial charge in [-0.15, -0.1) is 0 Å². The third-order valence-corrected chi connectivity index (χ3v) is 2.46. The molecule has 2 heteroatoms. The number of aliphatic imine (C=N–C) groups is 1. The van der Waals surface area contributed by atoms with Crippen molar-refractivity contribution in [1.29, 1.82) is 0 Å². The lowest BCUT2D eigenvalue weighted by Crippen LogP contribution is -2.06. The predicted molar refractivity (Wildman–Crippen MR) is 80.4 cm³/mol. The second kappa shape index (κ2) is 6.60. The molecule has 18 heavy (non-hydrogen) atoms. The zero-order valence-electron chi connectivity index (χ0n) is 11.4. The molecule has 0 aliphatic heterocycles. The number of para-hydroxylation sites is 1. The van der Waals surface area contributed by atoms with E-state index in [-0.39, 0.29) is 0 Å². The number of aryl methyl sites for hydroxylation is 1. The molecule has 0 radical (unpaired) electrons. The predicted octanol–water partition coefficient (Wildman–Crippen LogP) is 3.89. The molecule has 1 aromatic rings. The van der Waals surface area contributed by atoms with Gasteiger partial charge in [0, 0.05) is 25.9 Å². The maximum absolute atomic E-state index is 4.63. The smallest absolute Gasteiger partial charge is 0.0717 e. The molecule has 0 N–H and O–H groups in total. The molecule has 1 rings (SSSR count). The highest BCUT2D eigenvalue weighted by atomic mass is 15.0. The Bertz CT molecular complexity index is 494. The largest absolute Gasteiger partial charge is 0.383 e. The Morgan fingerprint density at radius 1 is 1.17 bits per heavy atom. The molecule has 0 atom stereocenters. The second-order valence-corrected chi connectivity index (χ2v) is 4.24. The maximum Gasteiger partial charge on any atom is 0.0717 e. The van der Waals surface area contributed by atoms with E-state index in [0.717, 1.165) is 22.5 Å². The Morgan fingerprint density at radius 3 is 2.33 bits per heavy atom. The summed E-state index contributed by atoms with van der Waals surface area (Å²) in [5.41, 5.74) is 3.88. The summed E-state index contributed by atoms with van der Waals surface area (Å²) < 4.78 is 0. The topological polar surface area (TPSA) is 15.6 Å². The maximum atomic E-state index is 4.63. The van der Waals surface area contributed by atoms with Gasteiger partial charge in [-0.25, -0.2) is 4.99 Å². The fourth-order valence-electron chi connectivity index (χ4n) is 1.55. The molecule has 0 aromatic heterocycles. The molecule has 0 spiro atoms. The van der Waals surface area contributed by atoms with Crippen molar-refractivity contribution in [3.63, 3.8) is 0 Å². The normalized spacial score (nSPS) is 12.2. The fourth-order valence-corrected chi connectivity index (χ4v) is 1.55. The van der Waals surface area contributed by atoms with Crippen LogP contribution in [0.1, 0.15) is 5.56 Å². The minimum Gasteiger partial charge on any atom is -0.383 e. The standard InChI is InChI=1S/C16H20N2/c1-6-14(12-18(4)5)15(7-2)17-16-11-9-8-10-13(16)3/h6-12H,1-2H2,3-5H3/b14-12+,17-15?. The lowest BCUT2D eigenvalue weighted by Gasteiger charge is -2.09. The van der Waals surface area contributed by atoms with Gasteiger partial charge < -0.3 is 4.90 Å². The SMILES string of the molecule is C=CC(=Nc1ccccc1C)/C(C=C)=C/N(C)C. The zero-order chi connectivity index (χ0) is 13.5. The van der Waals surface area contributed by atoms with Crippen LogP contribution in [0.4, 0.5) is 5.69 Å². The van der Waals surface area contributed by atoms with Gasteiger partial charge in [-0.05, 0) is 24.6 Å². The summed E-state index contributed by atoms with van der Waals surface area (Å²) in [6, 6.07) is 8.03. The van der Waals surface area contributed by atoms with Gasteiger partial charge in [-0.3, -0.25) is 0 Å². The quantitative estimate of drug-likeness (QED) is 0.563. The van der Waals surface area contributed by atoms with Gasteiger partial charge in [-0.2, -0.15) is 0 Å². The first-order valence-corrected chi connectivity index (χ1v) is 5.86. The summed E-state index contributed by atoms with van der Waals surface area (Å²) in [6.45, 7) is 9.69. The Labute approximate surface area is 110 Å². The van der Waals surface area contributed by atoms with Crippen molar-refractivity contribution in [2.24, 2.45) is 4.99 Å². The molecule has 0 amide bonds. The zero-order valence-corrected chi connectivity index (χ0v) is 11.4. The first-order chi connectivity index (χ1) is 8.58. The minimum absolute atomic E-state index is 0.827. The van der Waals surface area contributed by atoms with Gasteiger partial charge in [0.05, 0.1) is 11.4 Å². The molecule has 0 aliphatic rings. The Morgan fingerprint density at radius 2 is 1.83 bits per heavy atom. The first-order valence-electron chi connectivity index (χ1n) is 5.86. The van der Waals surface area contributed by atoms with Crippen LogP contribution in [0.25, 0.3) is 0 Å². The number of hydrogen-bond acceptors (Lipinski definition) is 2. The van der Waals surface area contributed by atoms with Gasteiger partial charge in [0.25, 0.3) is 0 Å². The van der Waals surface area contributed by atoms with E-state index < -0.39 is 0 Å². The van der Waals surface area contributed by atoms with Crippen molar-refractivity contribution in [2.75, 3.05) is 14.1 Å². The van der Waals surface area contributed by atoms with E-state index in [1.807, 2.05) is 56.4 Å². The molecule has 0 bridgehead atoms. The Balaban J connectivity index is 3.21. The third kappa shape index (κ3) is 3.74. The fraction of sp³-hybridized carbons (Fsp3) is 0.188. The number of benzene rings is 1. The summed E-state index contributed by atoms with van der Waals surface area (Å²) >= 11 is 0. The van der Waals surface area contributed by atoms with Gasteiger partial charge in [0.15, 0.2) is 0 Å². The molecular weight excluding hydrogens is 220 g/mol. The number of allylic oxidation sites excluding steroid dienone is 3. The van der Waals surface area contributed by atoms with Crippen LogP contribution in [0.2, 0.25) is 0 Å². The number of nitrogens with zero attached hydrogens (tertiary/aromatic N) is 2. The lowest BCUT2D eigenvalue weighted by atomic mass is 10.1. The summed E-state index contributed by atoms with van der Waals surface area (Å²) in [5.74, 6) is 0. The molecule has 0 saturated heterocycles. The van der Waals surface area contributed by atoms with Crippen molar-refractivity contribution in [2.45, 2.75) is 6.92 Å². The summed E-state index contributed by atoms with van der Waals surface area (Å²) in [4.78, 5) is 6.60. The van der Waals surface area contributed by atoms with Crippen molar-refractivity contribution >= 4 is 11.4 Å². The summed E-state index contributed by atoms with van der Waals surface area (Å²) in [6.07, 6.45) is 5.52. The minimum atomic E-state index is 0.827. The van der Waals surface area contributed by atoms with Crippen molar-refractivity contribution in [3.05, 3.63) is 66.9 Å². The molecule has 0 saturated carbocycles. The van der Waals surface area contributed by atoms with E-state index in [1.54, 1.807) is 12.2 Å². The first kappa shape index (κ1) is 14.0. The van der Waals surface area contributed by atoms with E-state index in [2.05, 4.69) is 18.2 Å². The van der Waals surface area contributed by atoms with E-state index in [0.29, 0.717) is 0 Å². The van der Waals surface area contributed by atoms with Crippen LogP contribution in [0, 0.1) is 6.92 Å². The Hall–Kier alpha value is -2.09. The van der Waals surface area contributed by atoms with E-state index >= 15 is 0 Å². The van der Waals surface area contributed by atoms with E-state index in [4.69, 9.17) is 0 Å². The second-order valence-electron chi connectivity index (χ2n) is 4.24. The average Bonchev–Trinajstić information content (AvgIpc) is 2.35. The molecule has 2 nitrogen and oxygen atoms in total. The van der Waals surface area contributed by atoms with Crippen molar-refractivity contribution in [3.8, 4) is 0 Å². The number of rotatable bonds is 5. The van der Waals surface area contributed by atoms with Gasteiger partial charge in [0.2, 0.25) is 0 Å². The highest BCUT2D eigenvalue weighted by molar-refractivity contribution is 6.11. The van der Waals surface area contributed by atoms with E-state index in [1.165, 1.54) is 0 Å². The van der Waals surface area contributed by atoms with E-state index in [9.17, 15) is 0 Å². The highest BCUT2D eigenvalue weighted by Crippen LogP contribution is 2.19. The molecule has 0 heterocycles. The monoisotopic (exact) mass is 240 g/mol. The van der Waals surface area contributed by atoms with Crippen molar-refractivity contribution < 1.29 is 0 Å². The van der Waals surface area contributed by atoms with Gasteiger partial charge >= 0.3 is 0 Å². The van der Waals surface area contributed by atoms with Crippen LogP contribution in [-0.4, -0.2) is 24.7 Å². The number of hydrogen-bond donors (Lipinski definition) is 0. The third-order valence-electron chi connectivity index (χ3n) is 2.46. The molecular formula is C16H20N2.